The molecule has 2 aromatic carbocycles. The SMILES string of the molecule is COc1cc(/C=N\NC(=O)CNc2cccc(Cl)c2C)ccc1O. The Kier molecular flexibility index (Phi) is 6.03. The van der Waals surface area contributed by atoms with E-state index < -0.39 is 0 Å². The molecule has 24 heavy (non-hydrogen) atoms. The van der Waals surface area contributed by atoms with E-state index in [4.69, 9.17) is 16.3 Å². The smallest absolute Gasteiger partial charge is 0.259 e. The number of anilines is 1. The van der Waals surface area contributed by atoms with Gasteiger partial charge in [-0.1, -0.05) is 17.7 Å². The van der Waals surface area contributed by atoms with Crippen molar-refractivity contribution in [2.75, 3.05) is 19.0 Å². The molecule has 0 aliphatic rings. The van der Waals surface area contributed by atoms with Gasteiger partial charge in [-0.25, -0.2) is 5.43 Å². The van der Waals surface area contributed by atoms with Gasteiger partial charge < -0.3 is 15.2 Å². The molecule has 0 bridgehead atoms. The molecule has 0 aliphatic heterocycles. The summed E-state index contributed by atoms with van der Waals surface area (Å²) >= 11 is 6.02. The summed E-state index contributed by atoms with van der Waals surface area (Å²) in [7, 11) is 1.46. The quantitative estimate of drug-likeness (QED) is 0.554. The second-order valence-corrected chi connectivity index (χ2v) is 5.40. The van der Waals surface area contributed by atoms with Gasteiger partial charge in [0.05, 0.1) is 19.9 Å². The molecule has 0 aromatic heterocycles. The normalized spacial score (nSPS) is 10.6. The van der Waals surface area contributed by atoms with Crippen LogP contribution in [0.3, 0.4) is 0 Å². The van der Waals surface area contributed by atoms with E-state index in [-0.39, 0.29) is 18.2 Å². The van der Waals surface area contributed by atoms with Crippen LogP contribution >= 0.6 is 11.6 Å². The highest BCUT2D eigenvalue weighted by atomic mass is 35.5. The summed E-state index contributed by atoms with van der Waals surface area (Å²) in [5.41, 5.74) is 4.78. The Morgan fingerprint density at radius 2 is 2.17 bits per heavy atom. The molecule has 0 saturated heterocycles. The van der Waals surface area contributed by atoms with E-state index in [1.165, 1.54) is 19.4 Å². The molecule has 0 aliphatic carbocycles. The molecule has 1 amide bonds. The second-order valence-electron chi connectivity index (χ2n) is 4.99. The maximum atomic E-state index is 11.8. The highest BCUT2D eigenvalue weighted by Crippen LogP contribution is 2.25. The van der Waals surface area contributed by atoms with Crippen molar-refractivity contribution in [2.45, 2.75) is 6.92 Å². The van der Waals surface area contributed by atoms with Crippen molar-refractivity contribution in [3.63, 3.8) is 0 Å². The summed E-state index contributed by atoms with van der Waals surface area (Å²) in [6, 6.07) is 10.2. The van der Waals surface area contributed by atoms with E-state index in [0.717, 1.165) is 11.3 Å². The number of hydrogen-bond donors (Lipinski definition) is 3. The summed E-state index contributed by atoms with van der Waals surface area (Å²) in [5.74, 6) is 0.0829. The van der Waals surface area contributed by atoms with Gasteiger partial charge in [-0.2, -0.15) is 5.10 Å². The zero-order valence-corrected chi connectivity index (χ0v) is 14.1. The van der Waals surface area contributed by atoms with Gasteiger partial charge in [-0.3, -0.25) is 4.79 Å². The van der Waals surface area contributed by atoms with Crippen molar-refractivity contribution in [3.8, 4) is 11.5 Å². The lowest BCUT2D eigenvalue weighted by Gasteiger charge is -2.09. The first-order valence-corrected chi connectivity index (χ1v) is 7.57. The number of phenols is 1. The lowest BCUT2D eigenvalue weighted by atomic mass is 10.2. The van der Waals surface area contributed by atoms with Crippen LogP contribution in [0.4, 0.5) is 5.69 Å². The number of hydrogen-bond acceptors (Lipinski definition) is 5. The number of rotatable bonds is 6. The van der Waals surface area contributed by atoms with Gasteiger partial charge in [-0.15, -0.1) is 0 Å². The van der Waals surface area contributed by atoms with Crippen molar-refractivity contribution in [3.05, 3.63) is 52.5 Å². The Morgan fingerprint density at radius 1 is 1.38 bits per heavy atom. The highest BCUT2D eigenvalue weighted by molar-refractivity contribution is 6.31. The average Bonchev–Trinajstić information content (AvgIpc) is 2.57. The molecular formula is C17H18ClN3O3. The molecule has 6 nitrogen and oxygen atoms in total. The van der Waals surface area contributed by atoms with E-state index in [1.54, 1.807) is 18.2 Å². The molecule has 3 N–H and O–H groups in total. The summed E-state index contributed by atoms with van der Waals surface area (Å²) in [6.07, 6.45) is 1.46. The molecule has 0 atom stereocenters. The number of methoxy groups -OCH3 is 1. The van der Waals surface area contributed by atoms with Crippen molar-refractivity contribution in [1.29, 1.82) is 0 Å². The van der Waals surface area contributed by atoms with Crippen molar-refractivity contribution < 1.29 is 14.6 Å². The fourth-order valence-electron chi connectivity index (χ4n) is 1.97. The van der Waals surface area contributed by atoms with Gasteiger partial charge in [-0.05, 0) is 48.4 Å². The van der Waals surface area contributed by atoms with E-state index in [2.05, 4.69) is 15.8 Å². The van der Waals surface area contributed by atoms with Gasteiger partial charge in [0.2, 0.25) is 0 Å². The van der Waals surface area contributed by atoms with Crippen LogP contribution in [0.2, 0.25) is 5.02 Å². The third-order valence-electron chi connectivity index (χ3n) is 3.31. The number of nitrogens with zero attached hydrogens (tertiary/aromatic N) is 1. The molecular weight excluding hydrogens is 330 g/mol. The van der Waals surface area contributed by atoms with Crippen LogP contribution in [0.1, 0.15) is 11.1 Å². The summed E-state index contributed by atoms with van der Waals surface area (Å²) in [4.78, 5) is 11.8. The maximum absolute atomic E-state index is 11.8. The predicted octanol–water partition coefficient (Wildman–Crippen LogP) is 2.92. The van der Waals surface area contributed by atoms with Crippen LogP contribution in [0.25, 0.3) is 0 Å². The molecule has 126 valence electrons. The van der Waals surface area contributed by atoms with E-state index in [0.29, 0.717) is 16.3 Å². The number of phenolic OH excluding ortho intramolecular Hbond substituents is 1. The van der Waals surface area contributed by atoms with Gasteiger partial charge in [0.1, 0.15) is 0 Å². The lowest BCUT2D eigenvalue weighted by molar-refractivity contribution is -0.119. The Morgan fingerprint density at radius 3 is 2.92 bits per heavy atom. The average molecular weight is 348 g/mol. The maximum Gasteiger partial charge on any atom is 0.259 e. The fourth-order valence-corrected chi connectivity index (χ4v) is 2.14. The van der Waals surface area contributed by atoms with Crippen LogP contribution in [-0.2, 0) is 4.79 Å². The summed E-state index contributed by atoms with van der Waals surface area (Å²) in [5, 5.41) is 17.0. The van der Waals surface area contributed by atoms with Crippen LogP contribution in [0.15, 0.2) is 41.5 Å². The highest BCUT2D eigenvalue weighted by Gasteiger charge is 2.04. The Bertz CT molecular complexity index is 763. The third kappa shape index (κ3) is 4.63. The van der Waals surface area contributed by atoms with Crippen LogP contribution in [0.5, 0.6) is 11.5 Å². The molecule has 0 heterocycles. The van der Waals surface area contributed by atoms with Gasteiger partial charge in [0, 0.05) is 10.7 Å². The van der Waals surface area contributed by atoms with E-state index in [9.17, 15) is 9.90 Å². The first-order valence-electron chi connectivity index (χ1n) is 7.19. The molecule has 2 aromatic rings. The van der Waals surface area contributed by atoms with Crippen LogP contribution in [0, 0.1) is 6.92 Å². The van der Waals surface area contributed by atoms with E-state index in [1.807, 2.05) is 19.1 Å². The largest absolute Gasteiger partial charge is 0.504 e. The second kappa shape index (κ2) is 8.21. The zero-order valence-electron chi connectivity index (χ0n) is 13.3. The standard InChI is InChI=1S/C17H18ClN3O3/c1-11-13(18)4-3-5-14(11)19-10-17(23)21-20-9-12-6-7-15(22)16(8-12)24-2/h3-9,19,22H,10H2,1-2H3,(H,21,23)/b20-9-. The zero-order chi connectivity index (χ0) is 17.5. The van der Waals surface area contributed by atoms with Crippen LogP contribution in [-0.4, -0.2) is 30.9 Å². The lowest BCUT2D eigenvalue weighted by Crippen LogP contribution is -2.26. The van der Waals surface area contributed by atoms with Crippen LogP contribution < -0.4 is 15.5 Å². The number of benzene rings is 2. The minimum absolute atomic E-state index is 0.0415. The summed E-state index contributed by atoms with van der Waals surface area (Å²) in [6.45, 7) is 1.94. The molecule has 2 rings (SSSR count). The predicted molar refractivity (Wildman–Crippen MR) is 95.1 cm³/mol. The number of hydrazone groups is 1. The molecule has 0 saturated carbocycles. The number of amides is 1. The Balaban J connectivity index is 1.88. The molecule has 0 radical (unpaired) electrons. The number of nitrogens with one attached hydrogen (secondary N) is 2. The minimum atomic E-state index is -0.295. The van der Waals surface area contributed by atoms with Gasteiger partial charge in [0.15, 0.2) is 11.5 Å². The van der Waals surface area contributed by atoms with Gasteiger partial charge in [0.25, 0.3) is 5.91 Å². The number of carbonyl (C=O) groups is 1. The van der Waals surface area contributed by atoms with Gasteiger partial charge >= 0.3 is 0 Å². The molecule has 0 spiro atoms. The molecule has 7 heteroatoms. The number of halogens is 1. The number of aromatic hydroxyl groups is 1. The molecule has 0 fully saturated rings. The Hall–Kier alpha value is -2.73. The number of carbonyl (C=O) groups excluding carboxylic acids is 1. The number of ether oxygens (including phenoxy) is 1. The first-order chi connectivity index (χ1) is 11.5. The molecule has 0 unspecified atom stereocenters. The monoisotopic (exact) mass is 347 g/mol. The first kappa shape index (κ1) is 17.6. The van der Waals surface area contributed by atoms with Crippen molar-refractivity contribution in [1.82, 2.24) is 5.43 Å². The Labute approximate surface area is 145 Å². The minimum Gasteiger partial charge on any atom is -0.504 e. The van der Waals surface area contributed by atoms with Crippen molar-refractivity contribution >= 4 is 29.4 Å². The van der Waals surface area contributed by atoms with E-state index >= 15 is 0 Å². The topological polar surface area (TPSA) is 83.0 Å². The van der Waals surface area contributed by atoms with Crippen molar-refractivity contribution in [2.24, 2.45) is 5.10 Å². The third-order valence-corrected chi connectivity index (χ3v) is 3.72. The fraction of sp³-hybridized carbons (Fsp3) is 0.176. The summed E-state index contributed by atoms with van der Waals surface area (Å²) < 4.78 is 5.00.